The summed E-state index contributed by atoms with van der Waals surface area (Å²) < 4.78 is 0.895. The van der Waals surface area contributed by atoms with Crippen LogP contribution in [-0.4, -0.2) is 11.8 Å². The van der Waals surface area contributed by atoms with Crippen LogP contribution in [0.1, 0.15) is 23.7 Å². The van der Waals surface area contributed by atoms with Gasteiger partial charge >= 0.3 is 0 Å². The maximum absolute atomic E-state index is 12.2. The molecule has 0 aliphatic rings. The van der Waals surface area contributed by atoms with E-state index in [0.29, 0.717) is 28.4 Å². The lowest BCUT2D eigenvalue weighted by atomic mass is 10.2. The Labute approximate surface area is 142 Å². The van der Waals surface area contributed by atoms with Crippen LogP contribution in [0, 0.1) is 0 Å². The minimum atomic E-state index is -0.270. The molecule has 0 aromatic heterocycles. The molecule has 2 aromatic carbocycles. The summed E-state index contributed by atoms with van der Waals surface area (Å²) in [4.78, 5) is 23.6. The van der Waals surface area contributed by atoms with E-state index in [1.807, 2.05) is 0 Å². The third kappa shape index (κ3) is 4.32. The van der Waals surface area contributed by atoms with Crippen LogP contribution in [0.25, 0.3) is 0 Å². The smallest absolute Gasteiger partial charge is 0.255 e. The molecule has 2 N–H and O–H groups in total. The van der Waals surface area contributed by atoms with Crippen LogP contribution in [0.15, 0.2) is 46.9 Å². The monoisotopic (exact) mass is 380 g/mol. The van der Waals surface area contributed by atoms with E-state index < -0.39 is 0 Å². The number of amides is 2. The van der Waals surface area contributed by atoms with Crippen LogP contribution in [0.4, 0.5) is 11.4 Å². The second-order valence-corrected chi connectivity index (χ2v) is 5.88. The van der Waals surface area contributed by atoms with Gasteiger partial charge in [0.05, 0.1) is 10.7 Å². The zero-order valence-electron chi connectivity index (χ0n) is 11.8. The highest BCUT2D eigenvalue weighted by atomic mass is 79.9. The number of carbonyl (C=O) groups is 2. The van der Waals surface area contributed by atoms with E-state index in [0.717, 1.165) is 4.47 Å². The van der Waals surface area contributed by atoms with E-state index in [4.69, 9.17) is 11.6 Å². The fourth-order valence-corrected chi connectivity index (χ4v) is 2.17. The Hall–Kier alpha value is -1.85. The summed E-state index contributed by atoms with van der Waals surface area (Å²) in [7, 11) is 0. The van der Waals surface area contributed by atoms with Gasteiger partial charge in [0.15, 0.2) is 0 Å². The number of carbonyl (C=O) groups excluding carboxylic acids is 2. The molecule has 0 bridgehead atoms. The fourth-order valence-electron chi connectivity index (χ4n) is 1.74. The van der Waals surface area contributed by atoms with Crippen LogP contribution in [0.3, 0.4) is 0 Å². The van der Waals surface area contributed by atoms with Crippen LogP contribution < -0.4 is 10.6 Å². The van der Waals surface area contributed by atoms with Crippen molar-refractivity contribution in [3.8, 4) is 0 Å². The first-order valence-corrected chi connectivity index (χ1v) is 7.83. The molecule has 0 heterocycles. The molecule has 2 aromatic rings. The lowest BCUT2D eigenvalue weighted by Crippen LogP contribution is -2.13. The van der Waals surface area contributed by atoms with Gasteiger partial charge < -0.3 is 10.6 Å². The lowest BCUT2D eigenvalue weighted by Gasteiger charge is -2.10. The predicted molar refractivity (Wildman–Crippen MR) is 92.5 cm³/mol. The number of rotatable bonds is 4. The molecule has 0 aliphatic heterocycles. The maximum Gasteiger partial charge on any atom is 0.255 e. The van der Waals surface area contributed by atoms with Gasteiger partial charge in [-0.1, -0.05) is 34.5 Å². The van der Waals surface area contributed by atoms with Crippen molar-refractivity contribution in [1.82, 2.24) is 0 Å². The second-order valence-electron chi connectivity index (χ2n) is 4.56. The Morgan fingerprint density at radius 1 is 1.09 bits per heavy atom. The molecular formula is C16H14BrClN2O2. The first-order chi connectivity index (χ1) is 10.5. The van der Waals surface area contributed by atoms with Gasteiger partial charge in [-0.3, -0.25) is 9.59 Å². The Kier molecular flexibility index (Phi) is 5.57. The number of hydrogen-bond donors (Lipinski definition) is 2. The van der Waals surface area contributed by atoms with Gasteiger partial charge in [0.1, 0.15) is 0 Å². The minimum absolute atomic E-state index is 0.104. The normalized spacial score (nSPS) is 10.1. The van der Waals surface area contributed by atoms with Gasteiger partial charge in [0, 0.05) is 22.1 Å². The summed E-state index contributed by atoms with van der Waals surface area (Å²) in [5, 5.41) is 5.87. The van der Waals surface area contributed by atoms with E-state index in [1.54, 1.807) is 49.4 Å². The summed E-state index contributed by atoms with van der Waals surface area (Å²) in [5.41, 5.74) is 1.55. The summed E-state index contributed by atoms with van der Waals surface area (Å²) in [6.45, 7) is 1.77. The van der Waals surface area contributed by atoms with Gasteiger partial charge in [-0.25, -0.2) is 0 Å². The van der Waals surface area contributed by atoms with Crippen molar-refractivity contribution in [1.29, 1.82) is 0 Å². The molecule has 2 amide bonds. The Bertz CT molecular complexity index is 702. The van der Waals surface area contributed by atoms with Crippen LogP contribution in [0.5, 0.6) is 0 Å². The Balaban J connectivity index is 2.17. The van der Waals surface area contributed by atoms with Gasteiger partial charge in [0.2, 0.25) is 5.91 Å². The molecule has 0 fully saturated rings. The van der Waals surface area contributed by atoms with Crippen molar-refractivity contribution >= 4 is 50.7 Å². The maximum atomic E-state index is 12.2. The second kappa shape index (κ2) is 7.42. The zero-order valence-corrected chi connectivity index (χ0v) is 14.2. The highest BCUT2D eigenvalue weighted by molar-refractivity contribution is 9.10. The van der Waals surface area contributed by atoms with E-state index >= 15 is 0 Å². The molecule has 6 heteroatoms. The van der Waals surface area contributed by atoms with Crippen molar-refractivity contribution in [2.75, 3.05) is 10.6 Å². The minimum Gasteiger partial charge on any atom is -0.326 e. The largest absolute Gasteiger partial charge is 0.326 e. The van der Waals surface area contributed by atoms with E-state index in [2.05, 4.69) is 26.6 Å². The molecule has 0 atom stereocenters. The quantitative estimate of drug-likeness (QED) is 0.806. The number of nitrogens with one attached hydrogen (secondary N) is 2. The highest BCUT2D eigenvalue weighted by Gasteiger charge is 2.10. The molecular weight excluding hydrogens is 368 g/mol. The number of halogens is 2. The molecule has 4 nitrogen and oxygen atoms in total. The van der Waals surface area contributed by atoms with Crippen molar-refractivity contribution in [2.45, 2.75) is 13.3 Å². The van der Waals surface area contributed by atoms with Gasteiger partial charge in [-0.2, -0.15) is 0 Å². The molecule has 0 aliphatic carbocycles. The van der Waals surface area contributed by atoms with Gasteiger partial charge in [-0.05, 0) is 42.5 Å². The average Bonchev–Trinajstić information content (AvgIpc) is 2.51. The Morgan fingerprint density at radius 3 is 2.41 bits per heavy atom. The van der Waals surface area contributed by atoms with Crippen molar-refractivity contribution < 1.29 is 9.59 Å². The third-order valence-electron chi connectivity index (χ3n) is 2.93. The number of anilines is 2. The predicted octanol–water partition coefficient (Wildman–Crippen LogP) is 4.70. The molecule has 0 radical (unpaired) electrons. The molecule has 0 spiro atoms. The fraction of sp³-hybridized carbons (Fsp3) is 0.125. The first kappa shape index (κ1) is 16.5. The SMILES string of the molecule is CCC(=O)Nc1ccc(Cl)c(NC(=O)c2ccc(Br)cc2)c1. The first-order valence-electron chi connectivity index (χ1n) is 6.66. The molecule has 0 saturated heterocycles. The van der Waals surface area contributed by atoms with Crippen LogP contribution in [-0.2, 0) is 4.79 Å². The van der Waals surface area contributed by atoms with E-state index in [1.165, 1.54) is 0 Å². The lowest BCUT2D eigenvalue weighted by molar-refractivity contribution is -0.115. The van der Waals surface area contributed by atoms with Crippen molar-refractivity contribution in [3.63, 3.8) is 0 Å². The van der Waals surface area contributed by atoms with Gasteiger partial charge in [-0.15, -0.1) is 0 Å². The number of hydrogen-bond acceptors (Lipinski definition) is 2. The zero-order chi connectivity index (χ0) is 16.1. The summed E-state index contributed by atoms with van der Waals surface area (Å²) in [5.74, 6) is -0.374. The molecule has 0 saturated carbocycles. The summed E-state index contributed by atoms with van der Waals surface area (Å²) >= 11 is 9.41. The highest BCUT2D eigenvalue weighted by Crippen LogP contribution is 2.26. The van der Waals surface area contributed by atoms with Gasteiger partial charge in [0.25, 0.3) is 5.91 Å². The topological polar surface area (TPSA) is 58.2 Å². The van der Waals surface area contributed by atoms with Crippen molar-refractivity contribution in [2.24, 2.45) is 0 Å². The van der Waals surface area contributed by atoms with Crippen LogP contribution >= 0.6 is 27.5 Å². The summed E-state index contributed by atoms with van der Waals surface area (Å²) in [6.07, 6.45) is 0.378. The standard InChI is InChI=1S/C16H14BrClN2O2/c1-2-15(21)19-12-7-8-13(18)14(9-12)20-16(22)10-3-5-11(17)6-4-10/h3-9H,2H2,1H3,(H,19,21)(H,20,22). The number of benzene rings is 2. The third-order valence-corrected chi connectivity index (χ3v) is 3.78. The summed E-state index contributed by atoms with van der Waals surface area (Å²) in [6, 6.07) is 11.9. The molecule has 22 heavy (non-hydrogen) atoms. The van der Waals surface area contributed by atoms with E-state index in [-0.39, 0.29) is 11.8 Å². The molecule has 114 valence electrons. The van der Waals surface area contributed by atoms with Crippen molar-refractivity contribution in [3.05, 3.63) is 57.5 Å². The Morgan fingerprint density at radius 2 is 1.77 bits per heavy atom. The van der Waals surface area contributed by atoms with E-state index in [9.17, 15) is 9.59 Å². The average molecular weight is 382 g/mol. The molecule has 2 rings (SSSR count). The van der Waals surface area contributed by atoms with Crippen LogP contribution in [0.2, 0.25) is 5.02 Å². The molecule has 0 unspecified atom stereocenters.